The third-order valence-corrected chi connectivity index (χ3v) is 11.9. The van der Waals surface area contributed by atoms with E-state index >= 15 is 0 Å². The molecule has 0 aromatic heterocycles. The van der Waals surface area contributed by atoms with Crippen LogP contribution in [0.2, 0.25) is 32.7 Å². The van der Waals surface area contributed by atoms with Gasteiger partial charge in [-0.1, -0.05) is 0 Å². The number of hydrogen-bond acceptors (Lipinski definition) is 13. The Morgan fingerprint density at radius 1 is 0.675 bits per heavy atom. The van der Waals surface area contributed by atoms with Crippen molar-refractivity contribution in [2.75, 3.05) is 68.4 Å². The highest BCUT2D eigenvalue weighted by molar-refractivity contribution is 7.99. The van der Waals surface area contributed by atoms with Crippen LogP contribution in [0, 0.1) is 5.41 Å². The largest absolute Gasteiger partial charge is 0.495 e. The Bertz CT molecular complexity index is 713. The monoisotopic (exact) mass is 678 g/mol. The second-order valence-corrected chi connectivity index (χ2v) is 21.4. The summed E-state index contributed by atoms with van der Waals surface area (Å²) in [6.45, 7) is 11.3. The molecule has 0 rings (SSSR count). The molecular formula is C25H50O9S4Si2. The first-order valence-electron chi connectivity index (χ1n) is 13.6. The van der Waals surface area contributed by atoms with Gasteiger partial charge in [0.15, 0.2) is 8.32 Å². The summed E-state index contributed by atoms with van der Waals surface area (Å²) in [6, 6.07) is 0. The Morgan fingerprint density at radius 2 is 1.15 bits per heavy atom. The summed E-state index contributed by atoms with van der Waals surface area (Å²) in [5.41, 5.74) is -0.847. The van der Waals surface area contributed by atoms with Gasteiger partial charge in [-0.3, -0.25) is 14.4 Å². The van der Waals surface area contributed by atoms with Gasteiger partial charge in [-0.2, -0.15) is 49.6 Å². The van der Waals surface area contributed by atoms with Crippen molar-refractivity contribution < 1.29 is 41.9 Å². The molecule has 0 aromatic carbocycles. The van der Waals surface area contributed by atoms with E-state index in [1.54, 1.807) is 0 Å². The summed E-state index contributed by atoms with van der Waals surface area (Å²) >= 11 is 14.0. The molecule has 0 atom stereocenters. The lowest BCUT2D eigenvalue weighted by molar-refractivity contribution is -0.162. The molecule has 0 N–H and O–H groups in total. The van der Waals surface area contributed by atoms with Crippen molar-refractivity contribution in [2.45, 2.75) is 64.8 Å². The average Bonchev–Trinajstić information content (AvgIpc) is 2.84. The SMILES string of the molecule is C[Si](C)(C)O[Si](C)(C)OC(=O)CCSCCC(=O)OCC(COCCCS)(COCCCS)COC(=O)CCS. The quantitative estimate of drug-likeness (QED) is 0.0547. The summed E-state index contributed by atoms with van der Waals surface area (Å²) in [7, 11) is -4.30. The van der Waals surface area contributed by atoms with E-state index in [1.165, 1.54) is 11.8 Å². The molecule has 0 heterocycles. The Morgan fingerprint density at radius 3 is 1.60 bits per heavy atom. The molecule has 0 aliphatic carbocycles. The van der Waals surface area contributed by atoms with Crippen molar-refractivity contribution in [2.24, 2.45) is 5.41 Å². The molecule has 0 aliphatic heterocycles. The highest BCUT2D eigenvalue weighted by Crippen LogP contribution is 2.22. The van der Waals surface area contributed by atoms with Gasteiger partial charge in [0.1, 0.15) is 13.2 Å². The van der Waals surface area contributed by atoms with Crippen LogP contribution in [0.5, 0.6) is 0 Å². The van der Waals surface area contributed by atoms with Crippen molar-refractivity contribution >= 4 is 84.4 Å². The predicted molar refractivity (Wildman–Crippen MR) is 176 cm³/mol. The molecule has 0 aliphatic rings. The summed E-state index contributed by atoms with van der Waals surface area (Å²) in [6.07, 6.45) is 2.12. The minimum Gasteiger partial charge on any atom is -0.495 e. The number of rotatable bonds is 25. The molecule has 40 heavy (non-hydrogen) atoms. The first-order chi connectivity index (χ1) is 18.8. The Labute approximate surface area is 263 Å². The van der Waals surface area contributed by atoms with Crippen LogP contribution in [0.4, 0.5) is 0 Å². The smallest absolute Gasteiger partial charge is 0.385 e. The van der Waals surface area contributed by atoms with E-state index in [1.807, 2.05) is 13.1 Å². The summed E-state index contributed by atoms with van der Waals surface area (Å²) in [5.74, 6) is 1.72. The van der Waals surface area contributed by atoms with E-state index in [0.29, 0.717) is 42.0 Å². The number of thioether (sulfide) groups is 1. The first-order valence-corrected chi connectivity index (χ1v) is 22.8. The van der Waals surface area contributed by atoms with Gasteiger partial charge in [0, 0.05) is 30.5 Å². The van der Waals surface area contributed by atoms with Gasteiger partial charge < -0.3 is 27.5 Å². The molecule has 0 aromatic rings. The van der Waals surface area contributed by atoms with E-state index < -0.39 is 22.3 Å². The van der Waals surface area contributed by atoms with Crippen LogP contribution >= 0.6 is 49.6 Å². The van der Waals surface area contributed by atoms with Crippen molar-refractivity contribution in [1.29, 1.82) is 0 Å². The van der Waals surface area contributed by atoms with Crippen LogP contribution in [0.1, 0.15) is 32.1 Å². The molecular weight excluding hydrogens is 629 g/mol. The fourth-order valence-corrected chi connectivity index (χ4v) is 11.3. The lowest BCUT2D eigenvalue weighted by Crippen LogP contribution is -2.46. The molecule has 0 radical (unpaired) electrons. The van der Waals surface area contributed by atoms with Crippen LogP contribution in [0.3, 0.4) is 0 Å². The zero-order valence-electron chi connectivity index (χ0n) is 24.7. The van der Waals surface area contributed by atoms with E-state index in [4.69, 9.17) is 27.5 Å². The van der Waals surface area contributed by atoms with Crippen molar-refractivity contribution in [3.63, 3.8) is 0 Å². The third-order valence-electron chi connectivity index (χ3n) is 4.92. The van der Waals surface area contributed by atoms with Crippen LogP contribution in [0.15, 0.2) is 0 Å². The lowest BCUT2D eigenvalue weighted by Gasteiger charge is -2.32. The van der Waals surface area contributed by atoms with Crippen LogP contribution in [-0.4, -0.2) is 103 Å². The number of esters is 2. The van der Waals surface area contributed by atoms with E-state index in [-0.39, 0.29) is 63.6 Å². The highest BCUT2D eigenvalue weighted by Gasteiger charge is 2.36. The Hall–Kier alpha value is 0.124. The molecule has 9 nitrogen and oxygen atoms in total. The van der Waals surface area contributed by atoms with Gasteiger partial charge in [-0.05, 0) is 57.1 Å². The number of thiol groups is 3. The Kier molecular flexibility index (Phi) is 22.7. The zero-order valence-corrected chi connectivity index (χ0v) is 30.2. The van der Waals surface area contributed by atoms with Crippen molar-refractivity contribution in [1.82, 2.24) is 0 Å². The summed E-state index contributed by atoms with van der Waals surface area (Å²) in [4.78, 5) is 36.8. The van der Waals surface area contributed by atoms with Crippen molar-refractivity contribution in [3.8, 4) is 0 Å². The van der Waals surface area contributed by atoms with E-state index in [2.05, 4.69) is 57.5 Å². The number of carbonyl (C=O) groups excluding carboxylic acids is 3. The number of carbonyl (C=O) groups is 3. The number of hydrogen-bond donors (Lipinski definition) is 3. The topological polar surface area (TPSA) is 107 Å². The minimum absolute atomic E-state index is 0.00736. The summed E-state index contributed by atoms with van der Waals surface area (Å²) < 4.78 is 34.4. The van der Waals surface area contributed by atoms with Crippen LogP contribution in [0.25, 0.3) is 0 Å². The maximum absolute atomic E-state index is 12.5. The lowest BCUT2D eigenvalue weighted by atomic mass is 9.92. The van der Waals surface area contributed by atoms with Gasteiger partial charge in [0.2, 0.25) is 0 Å². The average molecular weight is 679 g/mol. The van der Waals surface area contributed by atoms with Gasteiger partial charge in [-0.15, -0.1) is 0 Å². The molecule has 0 bridgehead atoms. The Balaban J connectivity index is 4.83. The molecule has 0 spiro atoms. The maximum Gasteiger partial charge on any atom is 0.385 e. The van der Waals surface area contributed by atoms with E-state index in [0.717, 1.165) is 12.8 Å². The highest BCUT2D eigenvalue weighted by atomic mass is 32.2. The third kappa shape index (κ3) is 22.7. The second kappa shape index (κ2) is 22.6. The molecule has 236 valence electrons. The van der Waals surface area contributed by atoms with Gasteiger partial charge in [-0.25, -0.2) is 0 Å². The summed E-state index contributed by atoms with van der Waals surface area (Å²) in [5, 5.41) is 0. The van der Waals surface area contributed by atoms with E-state index in [9.17, 15) is 14.4 Å². The number of ether oxygens (including phenoxy) is 4. The normalized spacial score (nSPS) is 12.3. The predicted octanol–water partition coefficient (Wildman–Crippen LogP) is 4.66. The molecule has 0 saturated heterocycles. The molecule has 0 unspecified atom stereocenters. The van der Waals surface area contributed by atoms with Crippen LogP contribution < -0.4 is 0 Å². The molecule has 15 heteroatoms. The minimum atomic E-state index is -2.50. The van der Waals surface area contributed by atoms with Gasteiger partial charge in [0.25, 0.3) is 5.97 Å². The molecule has 0 amide bonds. The zero-order chi connectivity index (χ0) is 30.5. The van der Waals surface area contributed by atoms with Gasteiger partial charge >= 0.3 is 20.5 Å². The van der Waals surface area contributed by atoms with Crippen LogP contribution in [-0.2, 0) is 41.9 Å². The van der Waals surface area contributed by atoms with Gasteiger partial charge in [0.05, 0.1) is 37.9 Å². The second-order valence-electron chi connectivity index (χ2n) is 10.8. The standard InChI is InChI=1S/C25H50O9S4Si2/c1-39(2,3)34-40(4,5)33-24(28)10-17-38-16-9-23(27)32-21-25(18-29-11-6-13-35,19-30-12-7-14-36)20-31-22(26)8-15-37/h35-37H,6-21H2,1-5H3. The molecule has 0 saturated carbocycles. The fourth-order valence-electron chi connectivity index (χ4n) is 3.36. The molecule has 0 fully saturated rings. The first kappa shape index (κ1) is 40.1. The maximum atomic E-state index is 12.5. The fraction of sp³-hybridized carbons (Fsp3) is 0.880. The van der Waals surface area contributed by atoms with Crippen molar-refractivity contribution in [3.05, 3.63) is 0 Å².